The molecule has 0 saturated heterocycles. The molecule has 0 bridgehead atoms. The van der Waals surface area contributed by atoms with E-state index < -0.39 is 12.2 Å². The van der Waals surface area contributed by atoms with Crippen LogP contribution in [0, 0.1) is 5.92 Å². The van der Waals surface area contributed by atoms with Crippen molar-refractivity contribution in [1.82, 2.24) is 0 Å². The maximum Gasteiger partial charge on any atom is 0.0921 e. The van der Waals surface area contributed by atoms with Gasteiger partial charge in [0.1, 0.15) is 0 Å². The summed E-state index contributed by atoms with van der Waals surface area (Å²) in [5.41, 5.74) is 11.3. The number of rotatable bonds is 5. The Hall–Kier alpha value is -0.160. The molecule has 0 radical (unpaired) electrons. The molecular weight excluding hydrogens is 192 g/mol. The zero-order valence-electron chi connectivity index (χ0n) is 9.31. The van der Waals surface area contributed by atoms with Crippen molar-refractivity contribution in [2.45, 2.75) is 56.8 Å². The highest BCUT2D eigenvalue weighted by Crippen LogP contribution is 2.27. The summed E-state index contributed by atoms with van der Waals surface area (Å²) < 4.78 is 0. The van der Waals surface area contributed by atoms with Gasteiger partial charge in [-0.15, -0.1) is 0 Å². The molecule has 1 aliphatic rings. The molecule has 4 nitrogen and oxygen atoms in total. The molecule has 0 heterocycles. The molecule has 15 heavy (non-hydrogen) atoms. The fourth-order valence-electron chi connectivity index (χ4n) is 2.35. The Morgan fingerprint density at radius 2 is 1.67 bits per heavy atom. The maximum absolute atomic E-state index is 9.61. The second kappa shape index (κ2) is 6.43. The van der Waals surface area contributed by atoms with Crippen LogP contribution < -0.4 is 11.5 Å². The Kier molecular flexibility index (Phi) is 5.53. The molecule has 0 spiro atoms. The van der Waals surface area contributed by atoms with Gasteiger partial charge in [0.2, 0.25) is 0 Å². The minimum absolute atomic E-state index is 0.00139. The molecule has 3 atom stereocenters. The molecule has 1 fully saturated rings. The smallest absolute Gasteiger partial charge is 0.0921 e. The van der Waals surface area contributed by atoms with E-state index in [1.54, 1.807) is 0 Å². The highest BCUT2D eigenvalue weighted by molar-refractivity contribution is 4.81. The lowest BCUT2D eigenvalue weighted by atomic mass is 9.82. The van der Waals surface area contributed by atoms with E-state index in [0.29, 0.717) is 12.3 Å². The molecule has 0 aromatic rings. The molecular formula is C11H24N2O2. The Labute approximate surface area is 91.7 Å². The summed E-state index contributed by atoms with van der Waals surface area (Å²) >= 11 is 0. The van der Waals surface area contributed by atoms with E-state index in [0.717, 1.165) is 12.8 Å². The first-order valence-electron chi connectivity index (χ1n) is 5.97. The summed E-state index contributed by atoms with van der Waals surface area (Å²) in [4.78, 5) is 0. The molecule has 6 N–H and O–H groups in total. The predicted octanol–water partition coefficient (Wildman–Crippen LogP) is -0.0354. The van der Waals surface area contributed by atoms with E-state index in [2.05, 4.69) is 0 Å². The summed E-state index contributed by atoms with van der Waals surface area (Å²) in [6.45, 7) is 0.0958. The Morgan fingerprint density at radius 3 is 2.20 bits per heavy atom. The summed E-state index contributed by atoms with van der Waals surface area (Å²) in [6, 6.07) is 0.00139. The summed E-state index contributed by atoms with van der Waals surface area (Å²) in [5, 5.41) is 19.0. The normalized spacial score (nSPS) is 24.8. The van der Waals surface area contributed by atoms with Crippen LogP contribution in [0.3, 0.4) is 0 Å². The van der Waals surface area contributed by atoms with Crippen molar-refractivity contribution in [1.29, 1.82) is 0 Å². The average Bonchev–Trinajstić information content (AvgIpc) is 2.29. The lowest BCUT2D eigenvalue weighted by molar-refractivity contribution is 0.0116. The predicted molar refractivity (Wildman–Crippen MR) is 60.2 cm³/mol. The van der Waals surface area contributed by atoms with Gasteiger partial charge in [0.15, 0.2) is 0 Å². The average molecular weight is 216 g/mol. The Bertz CT molecular complexity index is 172. The van der Waals surface area contributed by atoms with Gasteiger partial charge in [-0.2, -0.15) is 0 Å². The number of aliphatic hydroxyl groups is 2. The largest absolute Gasteiger partial charge is 0.390 e. The minimum Gasteiger partial charge on any atom is -0.390 e. The standard InChI is InChI=1S/C11H24N2O2/c12-7-11(15)10(14)6-9(13)8-4-2-1-3-5-8/h8-11,14-15H,1-7,12-13H2. The van der Waals surface area contributed by atoms with Gasteiger partial charge < -0.3 is 21.7 Å². The molecule has 4 heteroatoms. The second-order valence-corrected chi connectivity index (χ2v) is 4.67. The van der Waals surface area contributed by atoms with Crippen molar-refractivity contribution in [2.75, 3.05) is 6.54 Å². The van der Waals surface area contributed by atoms with Crippen LogP contribution in [0.5, 0.6) is 0 Å². The van der Waals surface area contributed by atoms with E-state index in [4.69, 9.17) is 11.5 Å². The van der Waals surface area contributed by atoms with E-state index in [1.807, 2.05) is 0 Å². The van der Waals surface area contributed by atoms with E-state index in [9.17, 15) is 10.2 Å². The first-order valence-corrected chi connectivity index (χ1v) is 5.97. The summed E-state index contributed by atoms with van der Waals surface area (Å²) in [6.07, 6.45) is 4.97. The third kappa shape index (κ3) is 4.07. The van der Waals surface area contributed by atoms with E-state index in [-0.39, 0.29) is 12.6 Å². The highest BCUT2D eigenvalue weighted by Gasteiger charge is 2.25. The quantitative estimate of drug-likeness (QED) is 0.519. The highest BCUT2D eigenvalue weighted by atomic mass is 16.3. The van der Waals surface area contributed by atoms with E-state index >= 15 is 0 Å². The molecule has 1 saturated carbocycles. The van der Waals surface area contributed by atoms with Gasteiger partial charge in [-0.25, -0.2) is 0 Å². The second-order valence-electron chi connectivity index (χ2n) is 4.67. The maximum atomic E-state index is 9.61. The Balaban J connectivity index is 2.29. The Morgan fingerprint density at radius 1 is 1.07 bits per heavy atom. The van der Waals surface area contributed by atoms with Crippen LogP contribution in [0.2, 0.25) is 0 Å². The fourth-order valence-corrected chi connectivity index (χ4v) is 2.35. The lowest BCUT2D eigenvalue weighted by Gasteiger charge is -2.29. The number of nitrogens with two attached hydrogens (primary N) is 2. The molecule has 3 unspecified atom stereocenters. The number of aliphatic hydroxyl groups excluding tert-OH is 2. The molecule has 0 aromatic heterocycles. The monoisotopic (exact) mass is 216 g/mol. The molecule has 1 aliphatic carbocycles. The van der Waals surface area contributed by atoms with Gasteiger partial charge in [-0.1, -0.05) is 19.3 Å². The summed E-state index contributed by atoms with van der Waals surface area (Å²) in [5.74, 6) is 0.512. The van der Waals surface area contributed by atoms with Gasteiger partial charge in [0.25, 0.3) is 0 Å². The molecule has 0 aliphatic heterocycles. The molecule has 0 aromatic carbocycles. The van der Waals surface area contributed by atoms with Crippen molar-refractivity contribution < 1.29 is 10.2 Å². The summed E-state index contributed by atoms with van der Waals surface area (Å²) in [7, 11) is 0. The van der Waals surface area contributed by atoms with Gasteiger partial charge in [-0.05, 0) is 25.2 Å². The van der Waals surface area contributed by atoms with Crippen LogP contribution in [0.15, 0.2) is 0 Å². The zero-order chi connectivity index (χ0) is 11.3. The van der Waals surface area contributed by atoms with Crippen molar-refractivity contribution in [3.8, 4) is 0 Å². The minimum atomic E-state index is -0.834. The van der Waals surface area contributed by atoms with E-state index in [1.165, 1.54) is 19.3 Å². The van der Waals surface area contributed by atoms with Crippen LogP contribution in [0.4, 0.5) is 0 Å². The van der Waals surface area contributed by atoms with Crippen molar-refractivity contribution in [2.24, 2.45) is 17.4 Å². The van der Waals surface area contributed by atoms with Gasteiger partial charge in [-0.3, -0.25) is 0 Å². The molecule has 1 rings (SSSR count). The van der Waals surface area contributed by atoms with Crippen LogP contribution >= 0.6 is 0 Å². The van der Waals surface area contributed by atoms with Gasteiger partial charge >= 0.3 is 0 Å². The first-order chi connectivity index (χ1) is 7.15. The molecule has 0 amide bonds. The third-order valence-electron chi connectivity index (χ3n) is 3.45. The van der Waals surface area contributed by atoms with Gasteiger partial charge in [0.05, 0.1) is 12.2 Å². The number of hydrogen-bond acceptors (Lipinski definition) is 4. The van der Waals surface area contributed by atoms with Gasteiger partial charge in [0, 0.05) is 12.6 Å². The lowest BCUT2D eigenvalue weighted by Crippen LogP contribution is -2.41. The SMILES string of the molecule is NCC(O)C(O)CC(N)C1CCCCC1. The van der Waals surface area contributed by atoms with Crippen LogP contribution in [-0.2, 0) is 0 Å². The van der Waals surface area contributed by atoms with Crippen LogP contribution in [0.1, 0.15) is 38.5 Å². The van der Waals surface area contributed by atoms with Crippen LogP contribution in [0.25, 0.3) is 0 Å². The van der Waals surface area contributed by atoms with Crippen molar-refractivity contribution >= 4 is 0 Å². The van der Waals surface area contributed by atoms with Crippen molar-refractivity contribution in [3.05, 3.63) is 0 Å². The number of hydrogen-bond donors (Lipinski definition) is 4. The fraction of sp³-hybridized carbons (Fsp3) is 1.00. The zero-order valence-corrected chi connectivity index (χ0v) is 9.31. The first kappa shape index (κ1) is 12.9. The van der Waals surface area contributed by atoms with Crippen molar-refractivity contribution in [3.63, 3.8) is 0 Å². The third-order valence-corrected chi connectivity index (χ3v) is 3.45. The topological polar surface area (TPSA) is 92.5 Å². The van der Waals surface area contributed by atoms with Crippen LogP contribution in [-0.4, -0.2) is 35.0 Å². The molecule has 90 valence electrons.